The van der Waals surface area contributed by atoms with E-state index in [0.717, 1.165) is 20.9 Å². The van der Waals surface area contributed by atoms with Crippen LogP contribution in [0.5, 0.6) is 0 Å². The fourth-order valence-corrected chi connectivity index (χ4v) is 2.36. The topological polar surface area (TPSA) is 55.0 Å². The van der Waals surface area contributed by atoms with Crippen LogP contribution >= 0.6 is 27.5 Å². The fourth-order valence-electron chi connectivity index (χ4n) is 1.77. The number of benzene rings is 1. The summed E-state index contributed by atoms with van der Waals surface area (Å²) in [6.45, 7) is 2.09. The predicted octanol–water partition coefficient (Wildman–Crippen LogP) is 3.67. The van der Waals surface area contributed by atoms with Crippen LogP contribution in [0.4, 0.5) is 11.8 Å². The second kappa shape index (κ2) is 5.75. The number of nitrogen functional groups attached to an aromatic ring is 1. The summed E-state index contributed by atoms with van der Waals surface area (Å²) >= 11 is 9.34. The van der Waals surface area contributed by atoms with Gasteiger partial charge in [-0.05, 0) is 40.5 Å². The summed E-state index contributed by atoms with van der Waals surface area (Å²) in [5, 5.41) is 0.728. The highest BCUT2D eigenvalue weighted by molar-refractivity contribution is 9.10. The normalized spacial score (nSPS) is 12.2. The predicted molar refractivity (Wildman–Crippen MR) is 82.4 cm³/mol. The standard InChI is InChI=1S/C13H14BrClN4/c1-8(9-3-5-10(15)6-4-9)19(2)12-11(14)7-17-13(16)18-12/h3-8H,1-2H3,(H2,16,17,18). The molecule has 1 atom stereocenters. The summed E-state index contributed by atoms with van der Waals surface area (Å²) < 4.78 is 0.810. The Labute approximate surface area is 125 Å². The van der Waals surface area contributed by atoms with Crippen molar-refractivity contribution in [3.63, 3.8) is 0 Å². The molecule has 0 saturated carbocycles. The minimum absolute atomic E-state index is 0.142. The molecule has 1 aromatic heterocycles. The highest BCUT2D eigenvalue weighted by Crippen LogP contribution is 2.30. The quantitative estimate of drug-likeness (QED) is 0.925. The van der Waals surface area contributed by atoms with Gasteiger partial charge in [0.05, 0.1) is 10.5 Å². The number of hydrogen-bond donors (Lipinski definition) is 1. The zero-order valence-corrected chi connectivity index (χ0v) is 13.0. The van der Waals surface area contributed by atoms with Crippen molar-refractivity contribution < 1.29 is 0 Å². The van der Waals surface area contributed by atoms with Gasteiger partial charge < -0.3 is 10.6 Å². The van der Waals surface area contributed by atoms with Crippen molar-refractivity contribution in [3.05, 3.63) is 45.5 Å². The van der Waals surface area contributed by atoms with Crippen molar-refractivity contribution in [1.82, 2.24) is 9.97 Å². The van der Waals surface area contributed by atoms with Crippen molar-refractivity contribution >= 4 is 39.3 Å². The van der Waals surface area contributed by atoms with E-state index in [1.54, 1.807) is 6.20 Å². The Bertz CT molecular complexity index is 573. The van der Waals surface area contributed by atoms with Gasteiger partial charge >= 0.3 is 0 Å². The van der Waals surface area contributed by atoms with Crippen LogP contribution < -0.4 is 10.6 Å². The van der Waals surface area contributed by atoms with Gasteiger partial charge in [-0.15, -0.1) is 0 Å². The summed E-state index contributed by atoms with van der Waals surface area (Å²) in [7, 11) is 1.96. The lowest BCUT2D eigenvalue weighted by Crippen LogP contribution is -2.23. The molecular weight excluding hydrogens is 328 g/mol. The van der Waals surface area contributed by atoms with Crippen LogP contribution in [0.15, 0.2) is 34.9 Å². The molecule has 0 aliphatic heterocycles. The summed E-state index contributed by atoms with van der Waals surface area (Å²) in [6, 6.07) is 7.90. The minimum atomic E-state index is 0.142. The molecule has 0 saturated heterocycles. The van der Waals surface area contributed by atoms with Crippen molar-refractivity contribution in [2.24, 2.45) is 0 Å². The lowest BCUT2D eigenvalue weighted by atomic mass is 10.1. The van der Waals surface area contributed by atoms with Gasteiger partial charge in [0.15, 0.2) is 0 Å². The molecule has 0 bridgehead atoms. The highest BCUT2D eigenvalue weighted by Gasteiger charge is 2.16. The minimum Gasteiger partial charge on any atom is -0.368 e. The lowest BCUT2D eigenvalue weighted by Gasteiger charge is -2.27. The van der Waals surface area contributed by atoms with E-state index in [1.807, 2.05) is 36.2 Å². The molecule has 100 valence electrons. The van der Waals surface area contributed by atoms with Crippen molar-refractivity contribution in [2.75, 3.05) is 17.7 Å². The van der Waals surface area contributed by atoms with Crippen molar-refractivity contribution in [3.8, 4) is 0 Å². The van der Waals surface area contributed by atoms with Gasteiger partial charge in [0.25, 0.3) is 0 Å². The average Bonchev–Trinajstić information content (AvgIpc) is 2.41. The average molecular weight is 342 g/mol. The lowest BCUT2D eigenvalue weighted by molar-refractivity contribution is 0.726. The third-order valence-electron chi connectivity index (χ3n) is 3.01. The van der Waals surface area contributed by atoms with Crippen LogP contribution in [0, 0.1) is 0 Å². The second-order valence-corrected chi connectivity index (χ2v) is 5.53. The first-order valence-electron chi connectivity index (χ1n) is 5.75. The van der Waals surface area contributed by atoms with Gasteiger partial charge in [0.2, 0.25) is 5.95 Å². The van der Waals surface area contributed by atoms with E-state index in [9.17, 15) is 0 Å². The van der Waals surface area contributed by atoms with Gasteiger partial charge in [-0.2, -0.15) is 4.98 Å². The SMILES string of the molecule is CC(c1ccc(Cl)cc1)N(C)c1nc(N)ncc1Br. The molecule has 2 rings (SSSR count). The smallest absolute Gasteiger partial charge is 0.222 e. The molecular formula is C13H14BrClN4. The van der Waals surface area contributed by atoms with Crippen LogP contribution in [-0.4, -0.2) is 17.0 Å². The number of hydrogen-bond acceptors (Lipinski definition) is 4. The monoisotopic (exact) mass is 340 g/mol. The summed E-state index contributed by atoms with van der Waals surface area (Å²) in [4.78, 5) is 10.2. The van der Waals surface area contributed by atoms with Crippen LogP contribution in [0.3, 0.4) is 0 Å². The molecule has 0 amide bonds. The molecule has 1 aromatic carbocycles. The van der Waals surface area contributed by atoms with E-state index in [-0.39, 0.29) is 12.0 Å². The zero-order valence-electron chi connectivity index (χ0n) is 10.6. The van der Waals surface area contributed by atoms with E-state index in [0.29, 0.717) is 0 Å². The van der Waals surface area contributed by atoms with Crippen LogP contribution in [0.25, 0.3) is 0 Å². The third kappa shape index (κ3) is 3.16. The van der Waals surface area contributed by atoms with Gasteiger partial charge in [-0.1, -0.05) is 23.7 Å². The Hall–Kier alpha value is -1.33. The maximum absolute atomic E-state index is 5.90. The molecule has 2 N–H and O–H groups in total. The molecule has 2 aromatic rings. The van der Waals surface area contributed by atoms with Gasteiger partial charge in [-0.25, -0.2) is 4.98 Å². The van der Waals surface area contributed by atoms with E-state index in [1.165, 1.54) is 0 Å². The largest absolute Gasteiger partial charge is 0.368 e. The number of nitrogens with zero attached hydrogens (tertiary/aromatic N) is 3. The Morgan fingerprint density at radius 1 is 1.32 bits per heavy atom. The summed E-state index contributed by atoms with van der Waals surface area (Å²) in [5.74, 6) is 1.02. The molecule has 19 heavy (non-hydrogen) atoms. The van der Waals surface area contributed by atoms with Crippen LogP contribution in [0.2, 0.25) is 5.02 Å². The van der Waals surface area contributed by atoms with Crippen LogP contribution in [-0.2, 0) is 0 Å². The van der Waals surface area contributed by atoms with E-state index < -0.39 is 0 Å². The van der Waals surface area contributed by atoms with Crippen LogP contribution in [0.1, 0.15) is 18.5 Å². The molecule has 1 unspecified atom stereocenters. The fraction of sp³-hybridized carbons (Fsp3) is 0.231. The molecule has 0 aliphatic carbocycles. The van der Waals surface area contributed by atoms with Gasteiger partial charge in [0, 0.05) is 18.3 Å². The highest BCUT2D eigenvalue weighted by atomic mass is 79.9. The third-order valence-corrected chi connectivity index (χ3v) is 3.82. The first-order chi connectivity index (χ1) is 8.99. The van der Waals surface area contributed by atoms with Crippen molar-refractivity contribution in [1.29, 1.82) is 0 Å². The zero-order chi connectivity index (χ0) is 14.0. The molecule has 0 fully saturated rings. The molecule has 0 radical (unpaired) electrons. The van der Waals surface area contributed by atoms with E-state index >= 15 is 0 Å². The maximum atomic E-state index is 5.90. The molecule has 0 spiro atoms. The molecule has 0 aliphatic rings. The Morgan fingerprint density at radius 3 is 2.58 bits per heavy atom. The number of halogens is 2. The first kappa shape index (κ1) is 14.1. The maximum Gasteiger partial charge on any atom is 0.222 e. The van der Waals surface area contributed by atoms with E-state index in [4.69, 9.17) is 17.3 Å². The first-order valence-corrected chi connectivity index (χ1v) is 6.92. The molecule has 6 heteroatoms. The van der Waals surface area contributed by atoms with Gasteiger partial charge in [0.1, 0.15) is 5.82 Å². The Morgan fingerprint density at radius 2 is 1.95 bits per heavy atom. The Kier molecular flexibility index (Phi) is 4.27. The summed E-state index contributed by atoms with van der Waals surface area (Å²) in [6.07, 6.45) is 1.66. The number of anilines is 2. The van der Waals surface area contributed by atoms with Gasteiger partial charge in [-0.3, -0.25) is 0 Å². The second-order valence-electron chi connectivity index (χ2n) is 4.24. The number of aromatic nitrogens is 2. The molecule has 1 heterocycles. The van der Waals surface area contributed by atoms with E-state index in [2.05, 4.69) is 32.8 Å². The number of nitrogens with two attached hydrogens (primary N) is 1. The summed E-state index contributed by atoms with van der Waals surface area (Å²) in [5.41, 5.74) is 6.79. The number of rotatable bonds is 3. The van der Waals surface area contributed by atoms with Crippen molar-refractivity contribution in [2.45, 2.75) is 13.0 Å². The molecule has 4 nitrogen and oxygen atoms in total. The Balaban J connectivity index is 2.30.